The number of pyridine rings is 1. The van der Waals surface area contributed by atoms with Gasteiger partial charge in [0.2, 0.25) is 5.91 Å². The van der Waals surface area contributed by atoms with Gasteiger partial charge < -0.3 is 15.1 Å². The third-order valence-electron chi connectivity index (χ3n) is 4.13. The Balaban J connectivity index is 1.43. The fraction of sp³-hybridized carbons (Fsp3) is 0.333. The van der Waals surface area contributed by atoms with Crippen LogP contribution in [0.25, 0.3) is 0 Å². The van der Waals surface area contributed by atoms with Gasteiger partial charge in [0, 0.05) is 55.8 Å². The molecular formula is C18H21ClN4O. The van der Waals surface area contributed by atoms with Gasteiger partial charge in [-0.1, -0.05) is 23.7 Å². The molecule has 1 aromatic heterocycles. The number of amides is 1. The molecule has 126 valence electrons. The predicted octanol–water partition coefficient (Wildman–Crippen LogP) is 2.17. The molecule has 1 aliphatic rings. The highest BCUT2D eigenvalue weighted by atomic mass is 35.5. The van der Waals surface area contributed by atoms with E-state index in [0.29, 0.717) is 13.1 Å². The average Bonchev–Trinajstić information content (AvgIpc) is 2.63. The molecule has 1 fully saturated rings. The van der Waals surface area contributed by atoms with Crippen molar-refractivity contribution in [2.75, 3.05) is 37.6 Å². The molecule has 24 heavy (non-hydrogen) atoms. The number of rotatable bonds is 5. The van der Waals surface area contributed by atoms with Crippen molar-refractivity contribution in [3.8, 4) is 0 Å². The molecule has 0 radical (unpaired) electrons. The lowest BCUT2D eigenvalue weighted by atomic mass is 10.2. The number of nitrogens with one attached hydrogen (secondary N) is 1. The van der Waals surface area contributed by atoms with Crippen molar-refractivity contribution >= 4 is 23.2 Å². The lowest BCUT2D eigenvalue weighted by molar-refractivity contribution is -0.130. The summed E-state index contributed by atoms with van der Waals surface area (Å²) < 4.78 is 0. The molecule has 0 spiro atoms. The van der Waals surface area contributed by atoms with Crippen LogP contribution in [-0.2, 0) is 11.3 Å². The van der Waals surface area contributed by atoms with Crippen LogP contribution >= 0.6 is 11.6 Å². The van der Waals surface area contributed by atoms with Crippen molar-refractivity contribution in [2.45, 2.75) is 6.54 Å². The molecule has 1 amide bonds. The summed E-state index contributed by atoms with van der Waals surface area (Å²) in [7, 11) is 0. The molecule has 1 saturated heterocycles. The van der Waals surface area contributed by atoms with E-state index in [0.717, 1.165) is 42.5 Å². The Morgan fingerprint density at radius 2 is 2.00 bits per heavy atom. The van der Waals surface area contributed by atoms with Crippen LogP contribution in [-0.4, -0.2) is 48.5 Å². The number of aromatic nitrogens is 1. The Morgan fingerprint density at radius 1 is 1.17 bits per heavy atom. The maximum atomic E-state index is 12.3. The third kappa shape index (κ3) is 4.46. The minimum absolute atomic E-state index is 0.143. The second-order valence-corrected chi connectivity index (χ2v) is 6.25. The number of halogens is 1. The molecule has 0 saturated carbocycles. The monoisotopic (exact) mass is 344 g/mol. The number of hydrogen-bond donors (Lipinski definition) is 1. The number of piperazine rings is 1. The van der Waals surface area contributed by atoms with Crippen LogP contribution < -0.4 is 10.2 Å². The van der Waals surface area contributed by atoms with Crippen molar-refractivity contribution in [2.24, 2.45) is 0 Å². The van der Waals surface area contributed by atoms with Crippen LogP contribution in [0.1, 0.15) is 5.56 Å². The van der Waals surface area contributed by atoms with Crippen LogP contribution in [0.5, 0.6) is 0 Å². The van der Waals surface area contributed by atoms with Gasteiger partial charge in [0.15, 0.2) is 0 Å². The maximum Gasteiger partial charge on any atom is 0.236 e. The molecule has 0 atom stereocenters. The topological polar surface area (TPSA) is 48.5 Å². The average molecular weight is 345 g/mol. The number of benzene rings is 1. The van der Waals surface area contributed by atoms with E-state index in [4.69, 9.17) is 11.6 Å². The van der Waals surface area contributed by atoms with Crippen molar-refractivity contribution < 1.29 is 4.79 Å². The molecule has 2 heterocycles. The van der Waals surface area contributed by atoms with Gasteiger partial charge >= 0.3 is 0 Å². The molecule has 1 aromatic carbocycles. The number of carbonyl (C=O) groups is 1. The van der Waals surface area contributed by atoms with Gasteiger partial charge in [-0.15, -0.1) is 0 Å². The highest BCUT2D eigenvalue weighted by molar-refractivity contribution is 6.30. The van der Waals surface area contributed by atoms with Crippen LogP contribution in [0.15, 0.2) is 48.8 Å². The summed E-state index contributed by atoms with van der Waals surface area (Å²) >= 11 is 6.05. The summed E-state index contributed by atoms with van der Waals surface area (Å²) in [5, 5.41) is 3.93. The van der Waals surface area contributed by atoms with Crippen LogP contribution in [0.4, 0.5) is 5.69 Å². The standard InChI is InChI=1S/C18H21ClN4O/c19-16-4-1-5-17(11-16)22-7-9-23(10-8-22)18(24)14-21-13-15-3-2-6-20-12-15/h1-6,11-12,21H,7-10,13-14H2. The molecule has 0 unspecified atom stereocenters. The lowest BCUT2D eigenvalue weighted by Crippen LogP contribution is -2.50. The first-order valence-electron chi connectivity index (χ1n) is 8.10. The molecule has 1 N–H and O–H groups in total. The summed E-state index contributed by atoms with van der Waals surface area (Å²) in [5.74, 6) is 0.143. The summed E-state index contributed by atoms with van der Waals surface area (Å²) in [6.45, 7) is 4.14. The molecule has 6 heteroatoms. The Labute approximate surface area is 147 Å². The molecule has 5 nitrogen and oxygen atoms in total. The quantitative estimate of drug-likeness (QED) is 0.903. The number of nitrogens with zero attached hydrogens (tertiary/aromatic N) is 3. The van der Waals surface area contributed by atoms with E-state index >= 15 is 0 Å². The normalized spacial score (nSPS) is 14.7. The van der Waals surface area contributed by atoms with E-state index in [9.17, 15) is 4.79 Å². The van der Waals surface area contributed by atoms with Gasteiger partial charge in [0.05, 0.1) is 6.54 Å². The van der Waals surface area contributed by atoms with Crippen LogP contribution in [0.3, 0.4) is 0 Å². The minimum Gasteiger partial charge on any atom is -0.368 e. The Kier molecular flexibility index (Phi) is 5.67. The fourth-order valence-electron chi connectivity index (χ4n) is 2.82. The third-order valence-corrected chi connectivity index (χ3v) is 4.37. The van der Waals surface area contributed by atoms with Crippen molar-refractivity contribution in [3.05, 3.63) is 59.4 Å². The molecule has 2 aromatic rings. The first kappa shape index (κ1) is 16.7. The molecular weight excluding hydrogens is 324 g/mol. The summed E-state index contributed by atoms with van der Waals surface area (Å²) in [5.41, 5.74) is 2.19. The zero-order chi connectivity index (χ0) is 16.8. The Bertz CT molecular complexity index is 672. The lowest BCUT2D eigenvalue weighted by Gasteiger charge is -2.36. The predicted molar refractivity (Wildman–Crippen MR) is 96.2 cm³/mol. The molecule has 1 aliphatic heterocycles. The van der Waals surface area contributed by atoms with Crippen molar-refractivity contribution in [1.29, 1.82) is 0 Å². The Morgan fingerprint density at radius 3 is 2.71 bits per heavy atom. The van der Waals surface area contributed by atoms with Gasteiger partial charge in [-0.3, -0.25) is 9.78 Å². The van der Waals surface area contributed by atoms with Gasteiger partial charge in [-0.05, 0) is 29.8 Å². The van der Waals surface area contributed by atoms with E-state index < -0.39 is 0 Å². The van der Waals surface area contributed by atoms with Crippen molar-refractivity contribution in [1.82, 2.24) is 15.2 Å². The van der Waals surface area contributed by atoms with Gasteiger partial charge in [-0.2, -0.15) is 0 Å². The zero-order valence-electron chi connectivity index (χ0n) is 13.5. The smallest absolute Gasteiger partial charge is 0.236 e. The first-order chi connectivity index (χ1) is 11.7. The number of hydrogen-bond acceptors (Lipinski definition) is 4. The zero-order valence-corrected chi connectivity index (χ0v) is 14.2. The number of carbonyl (C=O) groups excluding carboxylic acids is 1. The van der Waals surface area contributed by atoms with Gasteiger partial charge in [0.25, 0.3) is 0 Å². The molecule has 3 rings (SSSR count). The van der Waals surface area contributed by atoms with Crippen LogP contribution in [0.2, 0.25) is 5.02 Å². The summed E-state index contributed by atoms with van der Waals surface area (Å²) in [6, 6.07) is 11.7. The van der Waals surface area contributed by atoms with E-state index in [-0.39, 0.29) is 5.91 Å². The van der Waals surface area contributed by atoms with Gasteiger partial charge in [0.1, 0.15) is 0 Å². The summed E-state index contributed by atoms with van der Waals surface area (Å²) in [6.07, 6.45) is 3.55. The van der Waals surface area contributed by atoms with Crippen molar-refractivity contribution in [3.63, 3.8) is 0 Å². The van der Waals surface area contributed by atoms with Gasteiger partial charge in [-0.25, -0.2) is 0 Å². The van der Waals surface area contributed by atoms with E-state index in [1.807, 2.05) is 35.2 Å². The van der Waals surface area contributed by atoms with E-state index in [1.54, 1.807) is 12.4 Å². The fourth-order valence-corrected chi connectivity index (χ4v) is 3.00. The van der Waals surface area contributed by atoms with E-state index in [2.05, 4.69) is 21.3 Å². The molecule has 0 aliphatic carbocycles. The highest BCUT2D eigenvalue weighted by Gasteiger charge is 2.20. The first-order valence-corrected chi connectivity index (χ1v) is 8.48. The summed E-state index contributed by atoms with van der Waals surface area (Å²) in [4.78, 5) is 20.5. The van der Waals surface area contributed by atoms with E-state index in [1.165, 1.54) is 0 Å². The number of anilines is 1. The second kappa shape index (κ2) is 8.13. The maximum absolute atomic E-state index is 12.3. The SMILES string of the molecule is O=C(CNCc1cccnc1)N1CCN(c2cccc(Cl)c2)CC1. The highest BCUT2D eigenvalue weighted by Crippen LogP contribution is 2.20. The minimum atomic E-state index is 0.143. The second-order valence-electron chi connectivity index (χ2n) is 5.81. The molecule has 0 bridgehead atoms. The van der Waals surface area contributed by atoms with Crippen LogP contribution in [0, 0.1) is 0 Å². The largest absolute Gasteiger partial charge is 0.368 e. The Hall–Kier alpha value is -2.11.